The predicted molar refractivity (Wildman–Crippen MR) is 86.9 cm³/mol. The monoisotopic (exact) mass is 370 g/mol. The maximum absolute atomic E-state index is 13.2. The van der Waals surface area contributed by atoms with Gasteiger partial charge in [0.25, 0.3) is 0 Å². The van der Waals surface area contributed by atoms with Crippen LogP contribution in [0.15, 0.2) is 24.3 Å². The summed E-state index contributed by atoms with van der Waals surface area (Å²) in [4.78, 5) is 14.3. The first kappa shape index (κ1) is 17.5. The van der Waals surface area contributed by atoms with Crippen LogP contribution in [0.4, 0.5) is 24.7 Å². The number of aromatic nitrogens is 2. The van der Waals surface area contributed by atoms with E-state index in [0.29, 0.717) is 25.3 Å². The second-order valence-corrected chi connectivity index (χ2v) is 6.13. The molecule has 1 aromatic heterocycles. The first-order valence-electron chi connectivity index (χ1n) is 7.63. The predicted octanol–water partition coefficient (Wildman–Crippen LogP) is 3.40. The van der Waals surface area contributed by atoms with Gasteiger partial charge in [0.1, 0.15) is 0 Å². The molecule has 1 atom stereocenters. The van der Waals surface area contributed by atoms with Crippen LogP contribution in [0.5, 0.6) is 0 Å². The fourth-order valence-electron chi connectivity index (χ4n) is 2.75. The molecule has 0 aliphatic carbocycles. The third kappa shape index (κ3) is 4.01. The van der Waals surface area contributed by atoms with Crippen molar-refractivity contribution in [1.82, 2.24) is 10.2 Å². The smallest absolute Gasteiger partial charge is 0.229 e. The van der Waals surface area contributed by atoms with E-state index in [1.54, 1.807) is 12.1 Å². The SMILES string of the molecule is O=C(Nc1cc(F)c(F)c(F)c1)C1CCCN(c2ccc(Cl)nn2)C1. The van der Waals surface area contributed by atoms with Crippen LogP contribution >= 0.6 is 11.6 Å². The average molecular weight is 371 g/mol. The zero-order valence-corrected chi connectivity index (χ0v) is 13.7. The van der Waals surface area contributed by atoms with E-state index in [2.05, 4.69) is 15.5 Å². The van der Waals surface area contributed by atoms with Gasteiger partial charge in [0.15, 0.2) is 28.4 Å². The molecule has 25 heavy (non-hydrogen) atoms. The first-order chi connectivity index (χ1) is 11.9. The van der Waals surface area contributed by atoms with Gasteiger partial charge in [0.2, 0.25) is 5.91 Å². The van der Waals surface area contributed by atoms with Gasteiger partial charge in [-0.05, 0) is 25.0 Å². The zero-order chi connectivity index (χ0) is 18.0. The molecule has 5 nitrogen and oxygen atoms in total. The Morgan fingerprint density at radius 1 is 1.20 bits per heavy atom. The molecule has 9 heteroatoms. The number of hydrogen-bond donors (Lipinski definition) is 1. The number of nitrogens with one attached hydrogen (secondary N) is 1. The zero-order valence-electron chi connectivity index (χ0n) is 13.0. The molecule has 1 unspecified atom stereocenters. The van der Waals surface area contributed by atoms with Gasteiger partial charge in [-0.25, -0.2) is 13.2 Å². The van der Waals surface area contributed by atoms with Crippen molar-refractivity contribution in [2.24, 2.45) is 5.92 Å². The average Bonchev–Trinajstić information content (AvgIpc) is 2.60. The largest absolute Gasteiger partial charge is 0.354 e. The molecular formula is C16H14ClF3N4O. The van der Waals surface area contributed by atoms with Crippen LogP contribution in [0.25, 0.3) is 0 Å². The van der Waals surface area contributed by atoms with Gasteiger partial charge in [0, 0.05) is 30.9 Å². The van der Waals surface area contributed by atoms with Crippen molar-refractivity contribution >= 4 is 29.0 Å². The summed E-state index contributed by atoms with van der Waals surface area (Å²) in [5, 5.41) is 10.5. The minimum atomic E-state index is -1.57. The Hall–Kier alpha value is -2.35. The highest BCUT2D eigenvalue weighted by molar-refractivity contribution is 6.29. The standard InChI is InChI=1S/C16H14ClF3N4O/c17-13-3-4-14(23-22-13)24-5-1-2-9(8-24)16(25)21-10-6-11(18)15(20)12(19)7-10/h3-4,6-7,9H,1-2,5,8H2,(H,21,25). The van der Waals surface area contributed by atoms with Gasteiger partial charge >= 0.3 is 0 Å². The molecule has 0 radical (unpaired) electrons. The molecule has 1 aliphatic heterocycles. The van der Waals surface area contributed by atoms with Crippen molar-refractivity contribution in [3.8, 4) is 0 Å². The Morgan fingerprint density at radius 3 is 2.56 bits per heavy atom. The van der Waals surface area contributed by atoms with Gasteiger partial charge in [-0.3, -0.25) is 4.79 Å². The van der Waals surface area contributed by atoms with E-state index in [4.69, 9.17) is 11.6 Å². The molecule has 1 amide bonds. The van der Waals surface area contributed by atoms with E-state index < -0.39 is 29.3 Å². The summed E-state index contributed by atoms with van der Waals surface area (Å²) in [6.07, 6.45) is 1.37. The number of hydrogen-bond acceptors (Lipinski definition) is 4. The van der Waals surface area contributed by atoms with Gasteiger partial charge in [-0.2, -0.15) is 0 Å². The number of anilines is 2. The quantitative estimate of drug-likeness (QED) is 0.841. The molecule has 1 aromatic carbocycles. The lowest BCUT2D eigenvalue weighted by Crippen LogP contribution is -2.41. The van der Waals surface area contributed by atoms with Crippen molar-refractivity contribution in [2.75, 3.05) is 23.3 Å². The van der Waals surface area contributed by atoms with Crippen molar-refractivity contribution in [3.05, 3.63) is 46.9 Å². The van der Waals surface area contributed by atoms with Crippen molar-refractivity contribution < 1.29 is 18.0 Å². The molecule has 2 heterocycles. The number of amides is 1. The van der Waals surface area contributed by atoms with Gasteiger partial charge in [-0.1, -0.05) is 11.6 Å². The van der Waals surface area contributed by atoms with Crippen LogP contribution < -0.4 is 10.2 Å². The van der Waals surface area contributed by atoms with Crippen LogP contribution in [0, 0.1) is 23.4 Å². The first-order valence-corrected chi connectivity index (χ1v) is 8.01. The number of nitrogens with zero attached hydrogens (tertiary/aromatic N) is 3. The molecule has 1 aliphatic rings. The van der Waals surface area contributed by atoms with Crippen LogP contribution in [0.3, 0.4) is 0 Å². The minimum absolute atomic E-state index is 0.121. The summed E-state index contributed by atoms with van der Waals surface area (Å²) in [5.41, 5.74) is -0.121. The van der Waals surface area contributed by atoms with E-state index in [1.807, 2.05) is 4.90 Å². The number of carbonyl (C=O) groups is 1. The molecule has 3 rings (SSSR count). The van der Waals surface area contributed by atoms with E-state index in [0.717, 1.165) is 18.6 Å². The third-order valence-corrected chi connectivity index (χ3v) is 4.19. The van der Waals surface area contributed by atoms with E-state index in [1.165, 1.54) is 0 Å². The number of piperidine rings is 1. The molecule has 0 saturated carbocycles. The summed E-state index contributed by atoms with van der Waals surface area (Å²) in [6, 6.07) is 4.82. The summed E-state index contributed by atoms with van der Waals surface area (Å²) >= 11 is 5.71. The van der Waals surface area contributed by atoms with Crippen LogP contribution in [0.2, 0.25) is 5.15 Å². The summed E-state index contributed by atoms with van der Waals surface area (Å²) in [6.45, 7) is 1.09. The summed E-state index contributed by atoms with van der Waals surface area (Å²) < 4.78 is 39.5. The third-order valence-electron chi connectivity index (χ3n) is 3.99. The fourth-order valence-corrected chi connectivity index (χ4v) is 2.85. The molecule has 0 spiro atoms. The van der Waals surface area contributed by atoms with Crippen LogP contribution in [-0.2, 0) is 4.79 Å². The normalized spacial score (nSPS) is 17.4. The molecule has 1 N–H and O–H groups in total. The van der Waals surface area contributed by atoms with Gasteiger partial charge in [-0.15, -0.1) is 10.2 Å². The molecule has 1 fully saturated rings. The van der Waals surface area contributed by atoms with Crippen molar-refractivity contribution in [1.29, 1.82) is 0 Å². The van der Waals surface area contributed by atoms with Crippen molar-refractivity contribution in [2.45, 2.75) is 12.8 Å². The highest BCUT2D eigenvalue weighted by Crippen LogP contribution is 2.24. The topological polar surface area (TPSA) is 58.1 Å². The Bertz CT molecular complexity index is 764. The van der Waals surface area contributed by atoms with Crippen LogP contribution in [-0.4, -0.2) is 29.2 Å². The van der Waals surface area contributed by atoms with E-state index in [-0.39, 0.29) is 10.8 Å². The lowest BCUT2D eigenvalue weighted by molar-refractivity contribution is -0.120. The Kier molecular flexibility index (Phi) is 5.08. The summed E-state index contributed by atoms with van der Waals surface area (Å²) in [5.74, 6) is -4.46. The Balaban J connectivity index is 1.69. The minimum Gasteiger partial charge on any atom is -0.354 e. The highest BCUT2D eigenvalue weighted by atomic mass is 35.5. The van der Waals surface area contributed by atoms with Gasteiger partial charge < -0.3 is 10.2 Å². The highest BCUT2D eigenvalue weighted by Gasteiger charge is 2.27. The molecular weight excluding hydrogens is 357 g/mol. The van der Waals surface area contributed by atoms with Crippen molar-refractivity contribution in [3.63, 3.8) is 0 Å². The fraction of sp³-hybridized carbons (Fsp3) is 0.312. The molecule has 2 aromatic rings. The molecule has 0 bridgehead atoms. The second-order valence-electron chi connectivity index (χ2n) is 5.74. The number of halogens is 4. The Labute approximate surface area is 146 Å². The lowest BCUT2D eigenvalue weighted by atomic mass is 9.97. The van der Waals surface area contributed by atoms with Gasteiger partial charge in [0.05, 0.1) is 5.92 Å². The maximum atomic E-state index is 13.2. The van der Waals surface area contributed by atoms with E-state index in [9.17, 15) is 18.0 Å². The van der Waals surface area contributed by atoms with Crippen LogP contribution in [0.1, 0.15) is 12.8 Å². The number of benzene rings is 1. The second kappa shape index (κ2) is 7.26. The summed E-state index contributed by atoms with van der Waals surface area (Å²) in [7, 11) is 0. The van der Waals surface area contributed by atoms with E-state index >= 15 is 0 Å². The Morgan fingerprint density at radius 2 is 1.92 bits per heavy atom. The lowest BCUT2D eigenvalue weighted by Gasteiger charge is -2.32. The number of carbonyl (C=O) groups excluding carboxylic acids is 1. The molecule has 132 valence electrons. The molecule has 1 saturated heterocycles. The maximum Gasteiger partial charge on any atom is 0.229 e. The number of rotatable bonds is 3.